The third-order valence-electron chi connectivity index (χ3n) is 3.24. The van der Waals surface area contributed by atoms with E-state index in [-0.39, 0.29) is 12.1 Å². The lowest BCUT2D eigenvalue weighted by molar-refractivity contribution is 0.466. The van der Waals surface area contributed by atoms with Crippen LogP contribution in [0.15, 0.2) is 12.4 Å². The molecular weight excluding hydrogens is 254 g/mol. The Morgan fingerprint density at radius 3 is 2.70 bits per heavy atom. The number of nitrogens with two attached hydrogens (primary N) is 1. The summed E-state index contributed by atoms with van der Waals surface area (Å²) in [6.07, 6.45) is 2.23. The van der Waals surface area contributed by atoms with Gasteiger partial charge in [-0.1, -0.05) is 0 Å². The second-order valence-corrected chi connectivity index (χ2v) is 5.16. The molecule has 2 heterocycles. The molecule has 0 aliphatic carbocycles. The summed E-state index contributed by atoms with van der Waals surface area (Å²) in [5, 5.41) is 12.4. The van der Waals surface area contributed by atoms with Crippen LogP contribution < -0.4 is 11.3 Å². The molecule has 0 saturated carbocycles. The van der Waals surface area contributed by atoms with E-state index in [0.717, 1.165) is 22.8 Å². The zero-order valence-electron chi connectivity index (χ0n) is 12.3. The Morgan fingerprint density at radius 1 is 1.30 bits per heavy atom. The van der Waals surface area contributed by atoms with Gasteiger partial charge >= 0.3 is 0 Å². The summed E-state index contributed by atoms with van der Waals surface area (Å²) in [5.41, 5.74) is 5.62. The van der Waals surface area contributed by atoms with E-state index in [4.69, 9.17) is 5.84 Å². The van der Waals surface area contributed by atoms with Crippen molar-refractivity contribution in [2.45, 2.75) is 46.2 Å². The SMILES string of the molecule is Cc1cc(C(Cc2ncnn2C(C)C)NN)c(C)nn1. The van der Waals surface area contributed by atoms with E-state index in [1.54, 1.807) is 6.33 Å². The lowest BCUT2D eigenvalue weighted by Crippen LogP contribution is -2.31. The summed E-state index contributed by atoms with van der Waals surface area (Å²) in [4.78, 5) is 4.32. The largest absolute Gasteiger partial charge is 0.271 e. The first kappa shape index (κ1) is 14.5. The minimum absolute atomic E-state index is 0.0640. The summed E-state index contributed by atoms with van der Waals surface area (Å²) in [6.45, 7) is 8.00. The molecule has 108 valence electrons. The van der Waals surface area contributed by atoms with Crippen LogP contribution >= 0.6 is 0 Å². The zero-order valence-corrected chi connectivity index (χ0v) is 12.3. The quantitative estimate of drug-likeness (QED) is 0.625. The third-order valence-corrected chi connectivity index (χ3v) is 3.24. The average Bonchev–Trinajstić information content (AvgIpc) is 2.87. The lowest BCUT2D eigenvalue weighted by Gasteiger charge is -2.19. The normalized spacial score (nSPS) is 12.9. The molecule has 20 heavy (non-hydrogen) atoms. The molecule has 3 N–H and O–H groups in total. The molecule has 0 aliphatic rings. The Labute approximate surface area is 118 Å². The molecule has 0 aliphatic heterocycles. The van der Waals surface area contributed by atoms with Crippen molar-refractivity contribution < 1.29 is 0 Å². The number of rotatable bonds is 5. The highest BCUT2D eigenvalue weighted by molar-refractivity contribution is 5.24. The van der Waals surface area contributed by atoms with Gasteiger partial charge < -0.3 is 0 Å². The van der Waals surface area contributed by atoms with Crippen LogP contribution in [-0.4, -0.2) is 25.0 Å². The van der Waals surface area contributed by atoms with E-state index < -0.39 is 0 Å². The van der Waals surface area contributed by atoms with Crippen LogP contribution in [0.4, 0.5) is 0 Å². The van der Waals surface area contributed by atoms with Gasteiger partial charge in [0.2, 0.25) is 0 Å². The van der Waals surface area contributed by atoms with Crippen molar-refractivity contribution in [1.82, 2.24) is 30.4 Å². The van der Waals surface area contributed by atoms with Crippen molar-refractivity contribution in [2.24, 2.45) is 5.84 Å². The van der Waals surface area contributed by atoms with Gasteiger partial charge in [0.1, 0.15) is 12.2 Å². The predicted molar refractivity (Wildman–Crippen MR) is 75.7 cm³/mol. The van der Waals surface area contributed by atoms with Crippen molar-refractivity contribution in [2.75, 3.05) is 0 Å². The summed E-state index contributed by atoms with van der Waals surface area (Å²) in [6, 6.07) is 2.21. The van der Waals surface area contributed by atoms with Gasteiger partial charge in [0.05, 0.1) is 17.4 Å². The molecule has 0 amide bonds. The molecule has 0 aromatic carbocycles. The second kappa shape index (κ2) is 6.06. The summed E-state index contributed by atoms with van der Waals surface area (Å²) >= 11 is 0. The minimum atomic E-state index is -0.0640. The minimum Gasteiger partial charge on any atom is -0.271 e. The Hall–Kier alpha value is -1.86. The highest BCUT2D eigenvalue weighted by Gasteiger charge is 2.18. The fourth-order valence-corrected chi connectivity index (χ4v) is 2.22. The number of aromatic nitrogens is 5. The van der Waals surface area contributed by atoms with Crippen LogP contribution in [0.25, 0.3) is 0 Å². The van der Waals surface area contributed by atoms with E-state index in [1.807, 2.05) is 24.6 Å². The molecular formula is C13H21N7. The number of hydrazine groups is 1. The van der Waals surface area contributed by atoms with E-state index in [9.17, 15) is 0 Å². The van der Waals surface area contributed by atoms with Gasteiger partial charge in [0.15, 0.2) is 0 Å². The van der Waals surface area contributed by atoms with Gasteiger partial charge in [-0.25, -0.2) is 9.67 Å². The number of aryl methyl sites for hydroxylation is 2. The van der Waals surface area contributed by atoms with Gasteiger partial charge in [-0.3, -0.25) is 11.3 Å². The molecule has 0 bridgehead atoms. The predicted octanol–water partition coefficient (Wildman–Crippen LogP) is 1.01. The van der Waals surface area contributed by atoms with Crippen LogP contribution in [0.2, 0.25) is 0 Å². The van der Waals surface area contributed by atoms with Gasteiger partial charge in [0, 0.05) is 12.5 Å². The zero-order chi connectivity index (χ0) is 14.7. The van der Waals surface area contributed by atoms with Crippen molar-refractivity contribution in [3.05, 3.63) is 35.2 Å². The molecule has 0 fully saturated rings. The van der Waals surface area contributed by atoms with Crippen LogP contribution in [0.3, 0.4) is 0 Å². The first-order valence-corrected chi connectivity index (χ1v) is 6.68. The first-order valence-electron chi connectivity index (χ1n) is 6.68. The fourth-order valence-electron chi connectivity index (χ4n) is 2.22. The van der Waals surface area contributed by atoms with Gasteiger partial charge in [-0.05, 0) is 39.3 Å². The molecule has 0 spiro atoms. The van der Waals surface area contributed by atoms with Crippen molar-refractivity contribution in [3.8, 4) is 0 Å². The number of nitrogens with one attached hydrogen (secondary N) is 1. The third kappa shape index (κ3) is 3.00. The maximum atomic E-state index is 5.71. The molecule has 7 nitrogen and oxygen atoms in total. The van der Waals surface area contributed by atoms with Crippen molar-refractivity contribution >= 4 is 0 Å². The Morgan fingerprint density at radius 2 is 2.05 bits per heavy atom. The van der Waals surface area contributed by atoms with Crippen LogP contribution in [0.1, 0.15) is 48.7 Å². The maximum Gasteiger partial charge on any atom is 0.138 e. The van der Waals surface area contributed by atoms with Gasteiger partial charge in [-0.15, -0.1) is 0 Å². The van der Waals surface area contributed by atoms with Crippen molar-refractivity contribution in [3.63, 3.8) is 0 Å². The summed E-state index contributed by atoms with van der Waals surface area (Å²) < 4.78 is 1.90. The highest BCUT2D eigenvalue weighted by Crippen LogP contribution is 2.20. The Kier molecular flexibility index (Phi) is 4.41. The maximum absolute atomic E-state index is 5.71. The van der Waals surface area contributed by atoms with E-state index >= 15 is 0 Å². The van der Waals surface area contributed by atoms with Crippen molar-refractivity contribution in [1.29, 1.82) is 0 Å². The van der Waals surface area contributed by atoms with Crippen LogP contribution in [-0.2, 0) is 6.42 Å². The standard InChI is InChI=1S/C13H21N7/c1-8(2)20-13(15-7-16-20)6-12(17-14)11-5-9(3)18-19-10(11)4/h5,7-8,12,17H,6,14H2,1-4H3. The Balaban J connectivity index is 2.29. The molecule has 1 unspecified atom stereocenters. The molecule has 0 saturated heterocycles. The summed E-state index contributed by atoms with van der Waals surface area (Å²) in [7, 11) is 0. The van der Waals surface area contributed by atoms with Crippen LogP contribution in [0, 0.1) is 13.8 Å². The fraction of sp³-hybridized carbons (Fsp3) is 0.538. The van der Waals surface area contributed by atoms with Crippen LogP contribution in [0.5, 0.6) is 0 Å². The number of hydrogen-bond donors (Lipinski definition) is 2. The molecule has 2 aromatic rings. The molecule has 2 aromatic heterocycles. The molecule has 0 radical (unpaired) electrons. The number of nitrogens with zero attached hydrogens (tertiary/aromatic N) is 5. The van der Waals surface area contributed by atoms with E-state index in [2.05, 4.69) is 39.6 Å². The van der Waals surface area contributed by atoms with E-state index in [1.165, 1.54) is 0 Å². The average molecular weight is 275 g/mol. The topological polar surface area (TPSA) is 94.5 Å². The first-order chi connectivity index (χ1) is 9.52. The van der Waals surface area contributed by atoms with E-state index in [0.29, 0.717) is 6.42 Å². The second-order valence-electron chi connectivity index (χ2n) is 5.16. The van der Waals surface area contributed by atoms with Gasteiger partial charge in [-0.2, -0.15) is 15.3 Å². The molecule has 2 rings (SSSR count). The lowest BCUT2D eigenvalue weighted by atomic mass is 10.0. The summed E-state index contributed by atoms with van der Waals surface area (Å²) in [5.74, 6) is 6.61. The number of hydrogen-bond acceptors (Lipinski definition) is 6. The smallest absolute Gasteiger partial charge is 0.138 e. The van der Waals surface area contributed by atoms with Gasteiger partial charge in [0.25, 0.3) is 0 Å². The highest BCUT2D eigenvalue weighted by atomic mass is 15.3. The molecule has 1 atom stereocenters. The monoisotopic (exact) mass is 275 g/mol. The molecule has 7 heteroatoms. The Bertz CT molecular complexity index is 576.